The number of hydrogen-bond acceptors (Lipinski definition) is 3. The smallest absolute Gasteiger partial charge is 0.153 e. The van der Waals surface area contributed by atoms with E-state index in [4.69, 9.17) is 0 Å². The molecule has 0 bridgehead atoms. The highest BCUT2D eigenvalue weighted by atomic mass is 15.2. The first-order valence-corrected chi connectivity index (χ1v) is 6.54. The van der Waals surface area contributed by atoms with Gasteiger partial charge in [0.2, 0.25) is 0 Å². The molecule has 2 aliphatic rings. The van der Waals surface area contributed by atoms with E-state index < -0.39 is 0 Å². The van der Waals surface area contributed by atoms with Crippen LogP contribution in [-0.4, -0.2) is 28.3 Å². The molecule has 2 heterocycles. The van der Waals surface area contributed by atoms with Gasteiger partial charge in [0.15, 0.2) is 5.82 Å². The van der Waals surface area contributed by atoms with Crippen molar-refractivity contribution in [2.24, 2.45) is 5.92 Å². The van der Waals surface area contributed by atoms with E-state index in [1.54, 1.807) is 0 Å². The second-order valence-electron chi connectivity index (χ2n) is 5.18. The number of H-pyrrole nitrogens is 1. The van der Waals surface area contributed by atoms with Gasteiger partial charge in [-0.1, -0.05) is 6.42 Å². The average molecular weight is 220 g/mol. The maximum absolute atomic E-state index is 4.63. The first kappa shape index (κ1) is 10.3. The van der Waals surface area contributed by atoms with E-state index in [0.29, 0.717) is 5.92 Å². The zero-order valence-electron chi connectivity index (χ0n) is 9.71. The summed E-state index contributed by atoms with van der Waals surface area (Å²) in [5, 5.41) is 10.9. The molecule has 4 heteroatoms. The van der Waals surface area contributed by atoms with Crippen LogP contribution in [0.1, 0.15) is 49.7 Å². The SMILES string of the molecule is C1CNCC(Cc2nc(C3CCC3)n[nH]2)C1. The fourth-order valence-electron chi connectivity index (χ4n) is 2.62. The fourth-order valence-corrected chi connectivity index (χ4v) is 2.62. The Balaban J connectivity index is 1.58. The van der Waals surface area contributed by atoms with Gasteiger partial charge in [-0.05, 0) is 44.7 Å². The molecule has 1 unspecified atom stereocenters. The van der Waals surface area contributed by atoms with Crippen molar-refractivity contribution in [1.29, 1.82) is 0 Å². The molecule has 1 saturated carbocycles. The van der Waals surface area contributed by atoms with Gasteiger partial charge in [0.1, 0.15) is 5.82 Å². The van der Waals surface area contributed by atoms with Crippen LogP contribution in [0.15, 0.2) is 0 Å². The molecule has 0 amide bonds. The predicted molar refractivity (Wildman–Crippen MR) is 62.3 cm³/mol. The normalized spacial score (nSPS) is 26.6. The van der Waals surface area contributed by atoms with E-state index in [1.807, 2.05) is 0 Å². The summed E-state index contributed by atoms with van der Waals surface area (Å²) in [5.41, 5.74) is 0. The third kappa shape index (κ3) is 2.12. The molecule has 4 nitrogen and oxygen atoms in total. The number of hydrogen-bond donors (Lipinski definition) is 2. The lowest BCUT2D eigenvalue weighted by Gasteiger charge is -2.22. The van der Waals surface area contributed by atoms with E-state index in [9.17, 15) is 0 Å². The number of aromatic amines is 1. The number of aromatic nitrogens is 3. The summed E-state index contributed by atoms with van der Waals surface area (Å²) < 4.78 is 0. The maximum atomic E-state index is 4.63. The molecular weight excluding hydrogens is 200 g/mol. The molecule has 0 radical (unpaired) electrons. The third-order valence-corrected chi connectivity index (χ3v) is 3.90. The van der Waals surface area contributed by atoms with Crippen molar-refractivity contribution in [3.63, 3.8) is 0 Å². The van der Waals surface area contributed by atoms with Crippen LogP contribution < -0.4 is 5.32 Å². The second-order valence-corrected chi connectivity index (χ2v) is 5.18. The molecule has 1 saturated heterocycles. The molecule has 0 aromatic carbocycles. The summed E-state index contributed by atoms with van der Waals surface area (Å²) in [4.78, 5) is 4.63. The van der Waals surface area contributed by atoms with Gasteiger partial charge in [-0.3, -0.25) is 5.10 Å². The fraction of sp³-hybridized carbons (Fsp3) is 0.833. The lowest BCUT2D eigenvalue weighted by Crippen LogP contribution is -2.31. The van der Waals surface area contributed by atoms with Gasteiger partial charge in [0.25, 0.3) is 0 Å². The lowest BCUT2D eigenvalue weighted by molar-refractivity contribution is 0.370. The van der Waals surface area contributed by atoms with Crippen molar-refractivity contribution in [3.05, 3.63) is 11.6 Å². The zero-order valence-corrected chi connectivity index (χ0v) is 9.71. The van der Waals surface area contributed by atoms with Crippen molar-refractivity contribution < 1.29 is 0 Å². The highest BCUT2D eigenvalue weighted by Crippen LogP contribution is 2.34. The van der Waals surface area contributed by atoms with E-state index in [1.165, 1.54) is 38.6 Å². The van der Waals surface area contributed by atoms with Gasteiger partial charge in [-0.2, -0.15) is 5.10 Å². The minimum absolute atomic E-state index is 0.648. The van der Waals surface area contributed by atoms with Crippen LogP contribution in [0.5, 0.6) is 0 Å². The summed E-state index contributed by atoms with van der Waals surface area (Å²) in [6.07, 6.45) is 7.60. The molecule has 0 spiro atoms. The molecule has 1 aliphatic carbocycles. The Kier molecular flexibility index (Phi) is 2.91. The van der Waals surface area contributed by atoms with Gasteiger partial charge in [-0.25, -0.2) is 4.98 Å². The molecular formula is C12H20N4. The first-order chi connectivity index (χ1) is 7.92. The zero-order chi connectivity index (χ0) is 10.8. The minimum Gasteiger partial charge on any atom is -0.316 e. The third-order valence-electron chi connectivity index (χ3n) is 3.90. The van der Waals surface area contributed by atoms with Crippen LogP contribution in [0.2, 0.25) is 0 Å². The summed E-state index contributed by atoms with van der Waals surface area (Å²) in [7, 11) is 0. The molecule has 1 aliphatic heterocycles. The number of nitrogens with one attached hydrogen (secondary N) is 2. The molecule has 16 heavy (non-hydrogen) atoms. The largest absolute Gasteiger partial charge is 0.316 e. The molecule has 1 atom stereocenters. The van der Waals surface area contributed by atoms with Crippen LogP contribution >= 0.6 is 0 Å². The Bertz CT molecular complexity index is 337. The predicted octanol–water partition coefficient (Wildman–Crippen LogP) is 1.61. The quantitative estimate of drug-likeness (QED) is 0.813. The summed E-state index contributed by atoms with van der Waals surface area (Å²) in [5.74, 6) is 3.55. The van der Waals surface area contributed by atoms with Crippen molar-refractivity contribution in [3.8, 4) is 0 Å². The minimum atomic E-state index is 0.648. The summed E-state index contributed by atoms with van der Waals surface area (Å²) >= 11 is 0. The van der Waals surface area contributed by atoms with Crippen LogP contribution in [0.25, 0.3) is 0 Å². The Hall–Kier alpha value is -0.900. The summed E-state index contributed by atoms with van der Waals surface area (Å²) in [6.45, 7) is 2.32. The van der Waals surface area contributed by atoms with Gasteiger partial charge >= 0.3 is 0 Å². The van der Waals surface area contributed by atoms with Crippen molar-refractivity contribution >= 4 is 0 Å². The standard InChI is InChI=1S/C12H20N4/c1-4-10(5-1)12-14-11(15-16-12)7-9-3-2-6-13-8-9/h9-10,13H,1-8H2,(H,14,15,16). The lowest BCUT2D eigenvalue weighted by atomic mass is 9.85. The second kappa shape index (κ2) is 4.53. The van der Waals surface area contributed by atoms with E-state index >= 15 is 0 Å². The van der Waals surface area contributed by atoms with Gasteiger partial charge in [-0.15, -0.1) is 0 Å². The molecule has 3 rings (SSSR count). The van der Waals surface area contributed by atoms with Crippen molar-refractivity contribution in [2.45, 2.75) is 44.4 Å². The molecule has 2 fully saturated rings. The molecule has 1 aromatic rings. The number of piperidine rings is 1. The Labute approximate surface area is 96.2 Å². The Morgan fingerprint density at radius 3 is 2.81 bits per heavy atom. The molecule has 1 aromatic heterocycles. The van der Waals surface area contributed by atoms with Crippen molar-refractivity contribution in [2.75, 3.05) is 13.1 Å². The number of rotatable bonds is 3. The monoisotopic (exact) mass is 220 g/mol. The highest BCUT2D eigenvalue weighted by Gasteiger charge is 2.24. The van der Waals surface area contributed by atoms with Crippen LogP contribution in [0.4, 0.5) is 0 Å². The Morgan fingerprint density at radius 1 is 1.19 bits per heavy atom. The van der Waals surface area contributed by atoms with Crippen LogP contribution in [-0.2, 0) is 6.42 Å². The van der Waals surface area contributed by atoms with Gasteiger partial charge in [0, 0.05) is 12.3 Å². The molecule has 2 N–H and O–H groups in total. The maximum Gasteiger partial charge on any atom is 0.153 e. The van der Waals surface area contributed by atoms with E-state index in [0.717, 1.165) is 30.5 Å². The summed E-state index contributed by atoms with van der Waals surface area (Å²) in [6, 6.07) is 0. The first-order valence-electron chi connectivity index (χ1n) is 6.54. The van der Waals surface area contributed by atoms with Gasteiger partial charge in [0.05, 0.1) is 0 Å². The van der Waals surface area contributed by atoms with Crippen LogP contribution in [0.3, 0.4) is 0 Å². The van der Waals surface area contributed by atoms with Crippen molar-refractivity contribution in [1.82, 2.24) is 20.5 Å². The topological polar surface area (TPSA) is 53.6 Å². The average Bonchev–Trinajstić information content (AvgIpc) is 2.65. The Morgan fingerprint density at radius 2 is 2.12 bits per heavy atom. The van der Waals surface area contributed by atoms with E-state index in [2.05, 4.69) is 20.5 Å². The molecule has 88 valence electrons. The van der Waals surface area contributed by atoms with E-state index in [-0.39, 0.29) is 0 Å². The highest BCUT2D eigenvalue weighted by molar-refractivity contribution is 5.02. The number of nitrogens with zero attached hydrogens (tertiary/aromatic N) is 2. The van der Waals surface area contributed by atoms with Crippen LogP contribution in [0, 0.1) is 5.92 Å². The van der Waals surface area contributed by atoms with Gasteiger partial charge < -0.3 is 5.32 Å².